The molecule has 1 aliphatic rings. The lowest BCUT2D eigenvalue weighted by atomic mass is 10.2. The summed E-state index contributed by atoms with van der Waals surface area (Å²) in [6.07, 6.45) is 7.98. The molecule has 33 heavy (non-hydrogen) atoms. The first-order valence-corrected chi connectivity index (χ1v) is 11.6. The first kappa shape index (κ1) is 22.8. The molecule has 8 heteroatoms. The van der Waals surface area contributed by atoms with Gasteiger partial charge in [-0.15, -0.1) is 0 Å². The number of hydrogen-bond acceptors (Lipinski definition) is 8. The minimum absolute atomic E-state index is 0.517. The summed E-state index contributed by atoms with van der Waals surface area (Å²) in [7, 11) is 1.66. The lowest BCUT2D eigenvalue weighted by Gasteiger charge is -2.16. The highest BCUT2D eigenvalue weighted by atomic mass is 16.5. The van der Waals surface area contributed by atoms with Crippen molar-refractivity contribution in [2.45, 2.75) is 25.7 Å². The van der Waals surface area contributed by atoms with Crippen LogP contribution < -0.4 is 20.1 Å². The van der Waals surface area contributed by atoms with Crippen molar-refractivity contribution >= 4 is 17.5 Å². The Labute approximate surface area is 195 Å². The second kappa shape index (κ2) is 12.0. The number of nitrogens with zero attached hydrogens (tertiary/aromatic N) is 4. The van der Waals surface area contributed by atoms with E-state index < -0.39 is 0 Å². The van der Waals surface area contributed by atoms with E-state index in [0.717, 1.165) is 43.1 Å². The van der Waals surface area contributed by atoms with Gasteiger partial charge in [-0.3, -0.25) is 4.98 Å². The highest BCUT2D eigenvalue weighted by molar-refractivity contribution is 5.60. The van der Waals surface area contributed by atoms with Crippen molar-refractivity contribution in [3.05, 3.63) is 60.6 Å². The number of hydrogen-bond donors (Lipinski definition) is 2. The van der Waals surface area contributed by atoms with Gasteiger partial charge in [-0.05, 0) is 62.7 Å². The van der Waals surface area contributed by atoms with Gasteiger partial charge in [0.05, 0.1) is 13.7 Å². The van der Waals surface area contributed by atoms with Crippen LogP contribution in [0.5, 0.6) is 11.5 Å². The third kappa shape index (κ3) is 7.05. The number of likely N-dealkylation sites (tertiary alicyclic amines) is 1. The van der Waals surface area contributed by atoms with Crippen molar-refractivity contribution in [1.29, 1.82) is 0 Å². The van der Waals surface area contributed by atoms with Gasteiger partial charge in [0.15, 0.2) is 11.5 Å². The van der Waals surface area contributed by atoms with Crippen LogP contribution in [0.1, 0.15) is 25.0 Å². The summed E-state index contributed by atoms with van der Waals surface area (Å²) >= 11 is 0. The van der Waals surface area contributed by atoms with Crippen LogP contribution in [0, 0.1) is 0 Å². The van der Waals surface area contributed by atoms with Gasteiger partial charge in [0.2, 0.25) is 5.95 Å². The fourth-order valence-electron chi connectivity index (χ4n) is 3.85. The monoisotopic (exact) mass is 448 g/mol. The zero-order valence-corrected chi connectivity index (χ0v) is 19.2. The molecule has 2 aromatic heterocycles. The molecule has 0 unspecified atom stereocenters. The van der Waals surface area contributed by atoms with Crippen molar-refractivity contribution in [3.63, 3.8) is 0 Å². The van der Waals surface area contributed by atoms with Crippen LogP contribution in [0.25, 0.3) is 0 Å². The maximum Gasteiger partial charge on any atom is 0.229 e. The minimum Gasteiger partial charge on any atom is -0.493 e. The number of ether oxygens (including phenoxy) is 2. The Balaban J connectivity index is 1.31. The van der Waals surface area contributed by atoms with E-state index >= 15 is 0 Å². The zero-order chi connectivity index (χ0) is 22.7. The van der Waals surface area contributed by atoms with Crippen molar-refractivity contribution in [2.75, 3.05) is 50.5 Å². The van der Waals surface area contributed by atoms with Crippen molar-refractivity contribution in [3.8, 4) is 11.5 Å². The Bertz CT molecular complexity index is 995. The maximum atomic E-state index is 6.03. The topological polar surface area (TPSA) is 84.4 Å². The number of rotatable bonds is 12. The SMILES string of the molecule is COc1ccc(Nc2nccc(NCCc3ccccn3)n2)cc1OCCCN1CCCC1. The van der Waals surface area contributed by atoms with Crippen LogP contribution in [0.2, 0.25) is 0 Å². The van der Waals surface area contributed by atoms with Crippen LogP contribution in [0.3, 0.4) is 0 Å². The molecule has 1 saturated heterocycles. The van der Waals surface area contributed by atoms with E-state index in [1.807, 2.05) is 48.7 Å². The maximum absolute atomic E-state index is 6.03. The summed E-state index contributed by atoms with van der Waals surface area (Å²) in [6.45, 7) is 4.89. The summed E-state index contributed by atoms with van der Waals surface area (Å²) in [4.78, 5) is 15.7. The predicted octanol–water partition coefficient (Wildman–Crippen LogP) is 4.14. The number of benzene rings is 1. The fourth-order valence-corrected chi connectivity index (χ4v) is 3.85. The second-order valence-corrected chi connectivity index (χ2v) is 8.00. The largest absolute Gasteiger partial charge is 0.493 e. The third-order valence-corrected chi connectivity index (χ3v) is 5.56. The van der Waals surface area contributed by atoms with Gasteiger partial charge >= 0.3 is 0 Å². The molecular formula is C25H32N6O2. The number of methoxy groups -OCH3 is 1. The normalized spacial score (nSPS) is 13.6. The fraction of sp³-hybridized carbons (Fsp3) is 0.400. The lowest BCUT2D eigenvalue weighted by molar-refractivity contribution is 0.254. The number of nitrogens with one attached hydrogen (secondary N) is 2. The molecule has 0 saturated carbocycles. The predicted molar refractivity (Wildman–Crippen MR) is 131 cm³/mol. The van der Waals surface area contributed by atoms with E-state index in [4.69, 9.17) is 9.47 Å². The first-order valence-electron chi connectivity index (χ1n) is 11.6. The highest BCUT2D eigenvalue weighted by Crippen LogP contribution is 2.31. The van der Waals surface area contributed by atoms with Crippen LogP contribution in [-0.4, -0.2) is 59.7 Å². The van der Waals surface area contributed by atoms with Crippen LogP contribution >= 0.6 is 0 Å². The standard InChI is InChI=1S/C25H32N6O2/c1-32-22-9-8-21(19-23(22)33-18-6-17-31-15-4-5-16-31)29-25-28-14-11-24(30-25)27-13-10-20-7-2-3-12-26-20/h2-3,7-9,11-12,14,19H,4-6,10,13,15-18H2,1H3,(H2,27,28,29,30). The summed E-state index contributed by atoms with van der Waals surface area (Å²) < 4.78 is 11.5. The summed E-state index contributed by atoms with van der Waals surface area (Å²) in [5.74, 6) is 2.71. The van der Waals surface area contributed by atoms with Crippen molar-refractivity contribution < 1.29 is 9.47 Å². The molecule has 0 spiro atoms. The van der Waals surface area contributed by atoms with Gasteiger partial charge in [0, 0.05) is 49.4 Å². The molecule has 0 atom stereocenters. The Kier molecular flexibility index (Phi) is 8.30. The van der Waals surface area contributed by atoms with E-state index in [1.54, 1.807) is 13.3 Å². The second-order valence-electron chi connectivity index (χ2n) is 8.00. The van der Waals surface area contributed by atoms with E-state index in [9.17, 15) is 0 Å². The molecule has 8 nitrogen and oxygen atoms in total. The highest BCUT2D eigenvalue weighted by Gasteiger charge is 2.11. The molecule has 174 valence electrons. The van der Waals surface area contributed by atoms with E-state index in [2.05, 4.69) is 30.5 Å². The van der Waals surface area contributed by atoms with Gasteiger partial charge in [-0.1, -0.05) is 6.07 Å². The molecular weight excluding hydrogens is 416 g/mol. The van der Waals surface area contributed by atoms with E-state index in [1.165, 1.54) is 25.9 Å². The molecule has 3 heterocycles. The molecule has 0 aliphatic carbocycles. The van der Waals surface area contributed by atoms with Crippen LogP contribution in [-0.2, 0) is 6.42 Å². The Morgan fingerprint density at radius 2 is 1.91 bits per heavy atom. The molecule has 0 radical (unpaired) electrons. The van der Waals surface area contributed by atoms with Gasteiger partial charge in [0.1, 0.15) is 5.82 Å². The molecule has 1 aromatic carbocycles. The number of pyridine rings is 1. The molecule has 2 N–H and O–H groups in total. The number of aromatic nitrogens is 3. The van der Waals surface area contributed by atoms with Gasteiger partial charge in [0.25, 0.3) is 0 Å². The summed E-state index contributed by atoms with van der Waals surface area (Å²) in [5.41, 5.74) is 1.89. The van der Waals surface area contributed by atoms with Crippen molar-refractivity contribution in [1.82, 2.24) is 19.9 Å². The third-order valence-electron chi connectivity index (χ3n) is 5.56. The number of anilines is 3. The van der Waals surface area contributed by atoms with Gasteiger partial charge in [-0.2, -0.15) is 4.98 Å². The van der Waals surface area contributed by atoms with E-state index in [0.29, 0.717) is 24.1 Å². The summed E-state index contributed by atoms with van der Waals surface area (Å²) in [5, 5.41) is 6.59. The van der Waals surface area contributed by atoms with Crippen LogP contribution in [0.15, 0.2) is 54.9 Å². The molecule has 1 aliphatic heterocycles. The van der Waals surface area contributed by atoms with E-state index in [-0.39, 0.29) is 0 Å². The average molecular weight is 449 g/mol. The molecule has 3 aromatic rings. The Morgan fingerprint density at radius 3 is 2.73 bits per heavy atom. The molecule has 1 fully saturated rings. The summed E-state index contributed by atoms with van der Waals surface area (Å²) in [6, 6.07) is 13.5. The Hall–Kier alpha value is -3.39. The van der Waals surface area contributed by atoms with Gasteiger partial charge < -0.3 is 25.0 Å². The zero-order valence-electron chi connectivity index (χ0n) is 19.2. The Morgan fingerprint density at radius 1 is 1.00 bits per heavy atom. The van der Waals surface area contributed by atoms with Crippen molar-refractivity contribution in [2.24, 2.45) is 0 Å². The molecule has 4 rings (SSSR count). The van der Waals surface area contributed by atoms with Crippen LogP contribution in [0.4, 0.5) is 17.5 Å². The smallest absolute Gasteiger partial charge is 0.229 e. The molecule has 0 amide bonds. The first-order chi connectivity index (χ1) is 16.3. The minimum atomic E-state index is 0.517. The average Bonchev–Trinajstić information content (AvgIpc) is 3.37. The molecule has 0 bridgehead atoms. The lowest BCUT2D eigenvalue weighted by Crippen LogP contribution is -2.21. The quantitative estimate of drug-likeness (QED) is 0.400. The van der Waals surface area contributed by atoms with Gasteiger partial charge in [-0.25, -0.2) is 4.98 Å².